The molecule has 5 nitrogen and oxygen atoms in total. The van der Waals surface area contributed by atoms with Crippen LogP contribution in [0.3, 0.4) is 0 Å². The molecular weight excluding hydrogens is 288 g/mol. The van der Waals surface area contributed by atoms with Crippen molar-refractivity contribution in [2.24, 2.45) is 5.73 Å². The Hall–Kier alpha value is -1.53. The summed E-state index contributed by atoms with van der Waals surface area (Å²) >= 11 is 1.67. The van der Waals surface area contributed by atoms with Crippen molar-refractivity contribution in [1.29, 1.82) is 0 Å². The Morgan fingerprint density at radius 2 is 2.19 bits per heavy atom. The first kappa shape index (κ1) is 15.9. The second kappa shape index (κ2) is 6.95. The van der Waals surface area contributed by atoms with Gasteiger partial charge in [-0.1, -0.05) is 6.07 Å². The van der Waals surface area contributed by atoms with E-state index in [-0.39, 0.29) is 11.5 Å². The number of amides is 1. The van der Waals surface area contributed by atoms with Gasteiger partial charge < -0.3 is 15.7 Å². The van der Waals surface area contributed by atoms with Gasteiger partial charge in [0.25, 0.3) is 0 Å². The van der Waals surface area contributed by atoms with E-state index >= 15 is 0 Å². The Balaban J connectivity index is 2.09. The molecule has 6 heteroatoms. The molecule has 0 fully saturated rings. The highest BCUT2D eigenvalue weighted by molar-refractivity contribution is 7.98. The van der Waals surface area contributed by atoms with Crippen molar-refractivity contribution in [3.8, 4) is 0 Å². The van der Waals surface area contributed by atoms with E-state index < -0.39 is 12.0 Å². The van der Waals surface area contributed by atoms with Crippen LogP contribution in [0.1, 0.15) is 27.9 Å². The standard InChI is InChI=1S/C15H20N2O3S/c1-21-7-5-13(16)14(18)17-6-4-10-2-3-11(15(19)20)8-12(10)9-17/h2-3,8,13H,4-7,9,16H2,1H3,(H,19,20)/t13-/m1/s1. The number of rotatable bonds is 5. The maximum Gasteiger partial charge on any atom is 0.335 e. The number of nitrogens with two attached hydrogens (primary N) is 1. The van der Waals surface area contributed by atoms with Crippen LogP contribution < -0.4 is 5.73 Å². The number of hydrogen-bond acceptors (Lipinski definition) is 4. The number of carbonyl (C=O) groups is 2. The van der Waals surface area contributed by atoms with Crippen LogP contribution in [0.2, 0.25) is 0 Å². The predicted octanol–water partition coefficient (Wildman–Crippen LogP) is 1.35. The van der Waals surface area contributed by atoms with Gasteiger partial charge in [0.05, 0.1) is 11.6 Å². The fourth-order valence-corrected chi connectivity index (χ4v) is 2.97. The number of thioether (sulfide) groups is 1. The van der Waals surface area contributed by atoms with Gasteiger partial charge in [0.1, 0.15) is 0 Å². The normalized spacial score (nSPS) is 15.4. The molecule has 1 aliphatic heterocycles. The predicted molar refractivity (Wildman–Crippen MR) is 83.5 cm³/mol. The first-order chi connectivity index (χ1) is 10.0. The second-order valence-corrected chi connectivity index (χ2v) is 6.17. The van der Waals surface area contributed by atoms with Gasteiger partial charge in [-0.2, -0.15) is 11.8 Å². The number of carboxylic acids is 1. The molecule has 114 valence electrons. The second-order valence-electron chi connectivity index (χ2n) is 5.19. The summed E-state index contributed by atoms with van der Waals surface area (Å²) in [6.07, 6.45) is 3.40. The molecule has 1 heterocycles. The van der Waals surface area contributed by atoms with Gasteiger partial charge in [0.15, 0.2) is 0 Å². The molecule has 0 spiro atoms. The Labute approximate surface area is 128 Å². The maximum absolute atomic E-state index is 12.3. The van der Waals surface area contributed by atoms with E-state index in [1.165, 1.54) is 0 Å². The van der Waals surface area contributed by atoms with Crippen LogP contribution in [0.25, 0.3) is 0 Å². The minimum Gasteiger partial charge on any atom is -0.478 e. The number of benzene rings is 1. The van der Waals surface area contributed by atoms with Gasteiger partial charge in [0, 0.05) is 13.1 Å². The third-order valence-corrected chi connectivity index (χ3v) is 4.37. The number of hydrogen-bond donors (Lipinski definition) is 2. The molecule has 1 amide bonds. The van der Waals surface area contributed by atoms with Crippen LogP contribution >= 0.6 is 11.8 Å². The molecule has 0 unspecified atom stereocenters. The molecule has 1 aromatic rings. The zero-order valence-corrected chi connectivity index (χ0v) is 12.9. The third kappa shape index (κ3) is 3.77. The Bertz CT molecular complexity index is 548. The molecule has 0 aromatic heterocycles. The quantitative estimate of drug-likeness (QED) is 0.858. The van der Waals surface area contributed by atoms with Crippen molar-refractivity contribution < 1.29 is 14.7 Å². The first-order valence-electron chi connectivity index (χ1n) is 6.91. The van der Waals surface area contributed by atoms with Crippen LogP contribution in [-0.4, -0.2) is 46.5 Å². The molecule has 21 heavy (non-hydrogen) atoms. The number of carbonyl (C=O) groups excluding carboxylic acids is 1. The molecule has 2 rings (SSSR count). The molecule has 0 radical (unpaired) electrons. The van der Waals surface area contributed by atoms with E-state index in [2.05, 4.69) is 0 Å². The fraction of sp³-hybridized carbons (Fsp3) is 0.467. The van der Waals surface area contributed by atoms with Crippen molar-refractivity contribution in [2.45, 2.75) is 25.4 Å². The molecule has 1 atom stereocenters. The van der Waals surface area contributed by atoms with Crippen LogP contribution in [0, 0.1) is 0 Å². The Morgan fingerprint density at radius 1 is 1.43 bits per heavy atom. The summed E-state index contributed by atoms with van der Waals surface area (Å²) in [5.74, 6) is -0.131. The van der Waals surface area contributed by atoms with Gasteiger partial charge >= 0.3 is 5.97 Å². The van der Waals surface area contributed by atoms with E-state index in [4.69, 9.17) is 10.8 Å². The summed E-state index contributed by atoms with van der Waals surface area (Å²) in [4.78, 5) is 25.1. The molecule has 1 aromatic carbocycles. The van der Waals surface area contributed by atoms with Gasteiger partial charge in [0.2, 0.25) is 5.91 Å². The van der Waals surface area contributed by atoms with Crippen LogP contribution in [0.5, 0.6) is 0 Å². The van der Waals surface area contributed by atoms with E-state index in [1.54, 1.807) is 28.8 Å². The largest absolute Gasteiger partial charge is 0.478 e. The monoisotopic (exact) mass is 308 g/mol. The topological polar surface area (TPSA) is 83.6 Å². The van der Waals surface area contributed by atoms with E-state index in [1.807, 2.05) is 12.3 Å². The lowest BCUT2D eigenvalue weighted by molar-refractivity contribution is -0.133. The van der Waals surface area contributed by atoms with Gasteiger partial charge in [-0.05, 0) is 48.1 Å². The van der Waals surface area contributed by atoms with Crippen molar-refractivity contribution >= 4 is 23.6 Å². The third-order valence-electron chi connectivity index (χ3n) is 3.73. The lowest BCUT2D eigenvalue weighted by atomic mass is 9.97. The summed E-state index contributed by atoms with van der Waals surface area (Å²) in [7, 11) is 0. The Kier molecular flexibility index (Phi) is 5.25. The number of nitrogens with zero attached hydrogens (tertiary/aromatic N) is 1. The average Bonchev–Trinajstić information content (AvgIpc) is 2.50. The van der Waals surface area contributed by atoms with Crippen molar-refractivity contribution in [3.63, 3.8) is 0 Å². The minimum absolute atomic E-state index is 0.0459. The highest BCUT2D eigenvalue weighted by atomic mass is 32.2. The molecule has 0 saturated heterocycles. The van der Waals surface area contributed by atoms with E-state index in [9.17, 15) is 9.59 Å². The molecule has 1 aliphatic rings. The zero-order valence-electron chi connectivity index (χ0n) is 12.0. The smallest absolute Gasteiger partial charge is 0.335 e. The molecule has 0 saturated carbocycles. The summed E-state index contributed by atoms with van der Waals surface area (Å²) in [6, 6.07) is 4.64. The van der Waals surface area contributed by atoms with Gasteiger partial charge in [-0.25, -0.2) is 4.79 Å². The molecule has 3 N–H and O–H groups in total. The van der Waals surface area contributed by atoms with Crippen LogP contribution in [-0.2, 0) is 17.8 Å². The van der Waals surface area contributed by atoms with E-state index in [0.29, 0.717) is 19.5 Å². The van der Waals surface area contributed by atoms with Crippen LogP contribution in [0.15, 0.2) is 18.2 Å². The molecule has 0 aliphatic carbocycles. The summed E-state index contributed by atoms with van der Waals surface area (Å²) in [5.41, 5.74) is 8.21. The summed E-state index contributed by atoms with van der Waals surface area (Å²) in [6.45, 7) is 1.09. The van der Waals surface area contributed by atoms with Crippen molar-refractivity contribution in [1.82, 2.24) is 4.90 Å². The zero-order chi connectivity index (χ0) is 15.4. The maximum atomic E-state index is 12.3. The molecule has 0 bridgehead atoms. The van der Waals surface area contributed by atoms with E-state index in [0.717, 1.165) is 23.3 Å². The SMILES string of the molecule is CSCC[C@@H](N)C(=O)N1CCc2ccc(C(=O)O)cc2C1. The summed E-state index contributed by atoms with van der Waals surface area (Å²) < 4.78 is 0. The molecular formula is C15H20N2O3S. The highest BCUT2D eigenvalue weighted by Gasteiger charge is 2.25. The van der Waals surface area contributed by atoms with Gasteiger partial charge in [-0.3, -0.25) is 4.79 Å². The van der Waals surface area contributed by atoms with Gasteiger partial charge in [-0.15, -0.1) is 0 Å². The summed E-state index contributed by atoms with van der Waals surface area (Å²) in [5, 5.41) is 9.04. The highest BCUT2D eigenvalue weighted by Crippen LogP contribution is 2.21. The lowest BCUT2D eigenvalue weighted by Gasteiger charge is -2.31. The number of carboxylic acid groups (broad SMARTS) is 1. The average molecular weight is 308 g/mol. The number of aromatic carboxylic acids is 1. The van der Waals surface area contributed by atoms with Crippen molar-refractivity contribution in [2.75, 3.05) is 18.6 Å². The fourth-order valence-electron chi connectivity index (χ4n) is 2.48. The van der Waals surface area contributed by atoms with Crippen molar-refractivity contribution in [3.05, 3.63) is 34.9 Å². The minimum atomic E-state index is -0.946. The van der Waals surface area contributed by atoms with Crippen LogP contribution in [0.4, 0.5) is 0 Å². The first-order valence-corrected chi connectivity index (χ1v) is 8.30. The number of fused-ring (bicyclic) bond motifs is 1. The Morgan fingerprint density at radius 3 is 2.86 bits per heavy atom. The lowest BCUT2D eigenvalue weighted by Crippen LogP contribution is -2.46.